The van der Waals surface area contributed by atoms with Crippen LogP contribution in [0.5, 0.6) is 0 Å². The summed E-state index contributed by atoms with van der Waals surface area (Å²) >= 11 is 0. The number of Topliss-reactive ketones (excluding diaryl/α,β-unsaturated/α-hetero) is 1. The van der Waals surface area contributed by atoms with Crippen molar-refractivity contribution in [1.29, 1.82) is 0 Å². The van der Waals surface area contributed by atoms with Crippen LogP contribution in [0.25, 0.3) is 0 Å². The fraction of sp³-hybridized carbons (Fsp3) is 0.750. The second kappa shape index (κ2) is 10.6. The quantitative estimate of drug-likeness (QED) is 0.465. The molecule has 6 heteroatoms. The molecule has 0 rings (SSSR count). The van der Waals surface area contributed by atoms with E-state index in [9.17, 15) is 14.4 Å². The molecule has 104 valence electrons. The van der Waals surface area contributed by atoms with Gasteiger partial charge in [-0.3, -0.25) is 4.79 Å². The van der Waals surface area contributed by atoms with Gasteiger partial charge in [0.05, 0.1) is 19.8 Å². The molecule has 0 aromatic carbocycles. The van der Waals surface area contributed by atoms with Gasteiger partial charge in [0, 0.05) is 12.8 Å². The fourth-order valence-corrected chi connectivity index (χ4v) is 1.11. The number of carbonyl (C=O) groups excluding carboxylic acids is 3. The minimum atomic E-state index is -0.729. The molecule has 0 aromatic heterocycles. The molecule has 0 saturated heterocycles. The molecule has 0 heterocycles. The molecule has 0 aliphatic heterocycles. The van der Waals surface area contributed by atoms with Crippen LogP contribution in [-0.4, -0.2) is 37.7 Å². The Morgan fingerprint density at radius 3 is 2.11 bits per heavy atom. The van der Waals surface area contributed by atoms with Gasteiger partial charge in [-0.05, 0) is 26.7 Å². The smallest absolute Gasteiger partial charge is 0.466 e. The highest BCUT2D eigenvalue weighted by molar-refractivity contribution is 5.75. The van der Waals surface area contributed by atoms with Gasteiger partial charge in [0.25, 0.3) is 0 Å². The summed E-state index contributed by atoms with van der Waals surface area (Å²) in [6.45, 7) is 3.81. The maximum atomic E-state index is 11.2. The van der Waals surface area contributed by atoms with Gasteiger partial charge in [0.15, 0.2) is 0 Å². The predicted octanol–water partition coefficient (Wildman–Crippen LogP) is 1.85. The third-order valence-electron chi connectivity index (χ3n) is 1.94. The molecule has 0 N–H and O–H groups in total. The van der Waals surface area contributed by atoms with E-state index >= 15 is 0 Å². The van der Waals surface area contributed by atoms with E-state index < -0.39 is 6.16 Å². The standard InChI is InChI=1S/C12H20O6/c1-3-16-12(15)18-9-5-7-11(14)17-8-4-6-10(2)13/h3-9H2,1-2H3. The predicted molar refractivity (Wildman–Crippen MR) is 63.1 cm³/mol. The molecule has 0 aromatic rings. The van der Waals surface area contributed by atoms with Crippen molar-refractivity contribution >= 4 is 17.9 Å². The Balaban J connectivity index is 3.37. The monoisotopic (exact) mass is 260 g/mol. The summed E-state index contributed by atoms with van der Waals surface area (Å²) in [5.74, 6) is -0.278. The summed E-state index contributed by atoms with van der Waals surface area (Å²) in [6.07, 6.45) is 0.802. The summed E-state index contributed by atoms with van der Waals surface area (Å²) in [7, 11) is 0. The van der Waals surface area contributed by atoms with Gasteiger partial charge in [-0.25, -0.2) is 4.79 Å². The maximum Gasteiger partial charge on any atom is 0.508 e. The maximum absolute atomic E-state index is 11.2. The molecular formula is C12H20O6. The minimum absolute atomic E-state index is 0.0777. The van der Waals surface area contributed by atoms with Crippen LogP contribution in [-0.2, 0) is 23.8 Å². The summed E-state index contributed by atoms with van der Waals surface area (Å²) in [5.41, 5.74) is 0. The SMILES string of the molecule is CCOC(=O)OCCCC(=O)OCCCC(C)=O. The lowest BCUT2D eigenvalue weighted by Crippen LogP contribution is -2.11. The molecule has 0 spiro atoms. The van der Waals surface area contributed by atoms with Gasteiger partial charge in [0.2, 0.25) is 0 Å². The highest BCUT2D eigenvalue weighted by Crippen LogP contribution is 1.98. The van der Waals surface area contributed by atoms with Crippen molar-refractivity contribution in [2.75, 3.05) is 19.8 Å². The Kier molecular flexibility index (Phi) is 9.62. The Bertz CT molecular complexity index is 274. The van der Waals surface area contributed by atoms with Crippen LogP contribution in [0, 0.1) is 0 Å². The van der Waals surface area contributed by atoms with Crippen LogP contribution in [0.15, 0.2) is 0 Å². The van der Waals surface area contributed by atoms with Crippen LogP contribution in [0.1, 0.15) is 39.5 Å². The Morgan fingerprint density at radius 1 is 0.889 bits per heavy atom. The van der Waals surface area contributed by atoms with Gasteiger partial charge in [-0.2, -0.15) is 0 Å². The van der Waals surface area contributed by atoms with Gasteiger partial charge in [-0.15, -0.1) is 0 Å². The number of esters is 1. The molecule has 18 heavy (non-hydrogen) atoms. The van der Waals surface area contributed by atoms with E-state index in [1.807, 2.05) is 0 Å². The molecular weight excluding hydrogens is 240 g/mol. The second-order valence-corrected chi connectivity index (χ2v) is 3.66. The van der Waals surface area contributed by atoms with E-state index in [4.69, 9.17) is 4.74 Å². The molecule has 6 nitrogen and oxygen atoms in total. The van der Waals surface area contributed by atoms with Crippen LogP contribution in [0.4, 0.5) is 4.79 Å². The fourth-order valence-electron chi connectivity index (χ4n) is 1.11. The average molecular weight is 260 g/mol. The molecule has 0 radical (unpaired) electrons. The molecule has 0 aliphatic rings. The molecule has 0 unspecified atom stereocenters. The summed E-state index contributed by atoms with van der Waals surface area (Å²) in [6, 6.07) is 0. The first-order valence-corrected chi connectivity index (χ1v) is 6.00. The normalized spacial score (nSPS) is 9.67. The van der Waals surface area contributed by atoms with Crippen molar-refractivity contribution in [3.8, 4) is 0 Å². The lowest BCUT2D eigenvalue weighted by molar-refractivity contribution is -0.144. The zero-order chi connectivity index (χ0) is 13.8. The Hall–Kier alpha value is -1.59. The van der Waals surface area contributed by atoms with Crippen LogP contribution < -0.4 is 0 Å². The summed E-state index contributed by atoms with van der Waals surface area (Å²) < 4.78 is 14.1. The van der Waals surface area contributed by atoms with Gasteiger partial charge < -0.3 is 19.0 Å². The first-order valence-electron chi connectivity index (χ1n) is 6.00. The van der Waals surface area contributed by atoms with Crippen molar-refractivity contribution < 1.29 is 28.6 Å². The molecule has 0 aliphatic carbocycles. The van der Waals surface area contributed by atoms with Gasteiger partial charge >= 0.3 is 12.1 Å². The van der Waals surface area contributed by atoms with Crippen molar-refractivity contribution in [1.82, 2.24) is 0 Å². The van der Waals surface area contributed by atoms with Crippen molar-refractivity contribution in [3.05, 3.63) is 0 Å². The Labute approximate surface area is 107 Å². The third-order valence-corrected chi connectivity index (χ3v) is 1.94. The number of ketones is 1. The van der Waals surface area contributed by atoms with E-state index in [0.717, 1.165) is 0 Å². The zero-order valence-electron chi connectivity index (χ0n) is 10.9. The second-order valence-electron chi connectivity index (χ2n) is 3.66. The first-order chi connectivity index (χ1) is 8.56. The topological polar surface area (TPSA) is 78.9 Å². The molecule has 0 atom stereocenters. The first kappa shape index (κ1) is 16.4. The highest BCUT2D eigenvalue weighted by Gasteiger charge is 2.05. The number of hydrogen-bond acceptors (Lipinski definition) is 6. The van der Waals surface area contributed by atoms with E-state index in [0.29, 0.717) is 19.3 Å². The molecule has 0 amide bonds. The Morgan fingerprint density at radius 2 is 1.50 bits per heavy atom. The summed E-state index contributed by atoms with van der Waals surface area (Å²) in [4.78, 5) is 32.6. The van der Waals surface area contributed by atoms with Crippen LogP contribution in [0.2, 0.25) is 0 Å². The van der Waals surface area contributed by atoms with Crippen molar-refractivity contribution in [3.63, 3.8) is 0 Å². The lowest BCUT2D eigenvalue weighted by atomic mass is 10.2. The number of hydrogen-bond donors (Lipinski definition) is 0. The highest BCUT2D eigenvalue weighted by atomic mass is 16.7. The van der Waals surface area contributed by atoms with E-state index in [1.165, 1.54) is 6.92 Å². The lowest BCUT2D eigenvalue weighted by Gasteiger charge is -2.05. The molecule has 0 fully saturated rings. The van der Waals surface area contributed by atoms with E-state index in [-0.39, 0.29) is 38.0 Å². The largest absolute Gasteiger partial charge is 0.508 e. The number of rotatable bonds is 9. The number of ether oxygens (including phenoxy) is 3. The van der Waals surface area contributed by atoms with Crippen molar-refractivity contribution in [2.24, 2.45) is 0 Å². The van der Waals surface area contributed by atoms with Crippen molar-refractivity contribution in [2.45, 2.75) is 39.5 Å². The van der Waals surface area contributed by atoms with Crippen LogP contribution in [0.3, 0.4) is 0 Å². The minimum Gasteiger partial charge on any atom is -0.466 e. The van der Waals surface area contributed by atoms with E-state index in [2.05, 4.69) is 9.47 Å². The molecule has 0 saturated carbocycles. The van der Waals surface area contributed by atoms with Gasteiger partial charge in [0.1, 0.15) is 5.78 Å². The third kappa shape index (κ3) is 10.9. The van der Waals surface area contributed by atoms with E-state index in [1.54, 1.807) is 6.92 Å². The zero-order valence-corrected chi connectivity index (χ0v) is 10.9. The number of carbonyl (C=O) groups is 3. The average Bonchev–Trinajstić information content (AvgIpc) is 2.30. The molecule has 0 bridgehead atoms. The van der Waals surface area contributed by atoms with Gasteiger partial charge in [-0.1, -0.05) is 0 Å². The van der Waals surface area contributed by atoms with Crippen LogP contribution >= 0.6 is 0 Å². The summed E-state index contributed by atoms with van der Waals surface area (Å²) in [5, 5.41) is 0.